The molecule has 1 heterocycles. The van der Waals surface area contributed by atoms with Gasteiger partial charge in [0.05, 0.1) is 7.11 Å². The van der Waals surface area contributed by atoms with Crippen LogP contribution in [-0.4, -0.2) is 18.6 Å². The topological polar surface area (TPSA) is 38.5 Å². The number of anilines is 1. The Morgan fingerprint density at radius 1 is 1.19 bits per heavy atom. The molecule has 3 rings (SSSR count). The molecule has 3 nitrogen and oxygen atoms in total. The molecule has 2 aromatic rings. The molecule has 1 aliphatic rings. The molecule has 0 amide bonds. The monoisotopic (exact) mass is 282 g/mol. The van der Waals surface area contributed by atoms with Crippen molar-refractivity contribution in [3.63, 3.8) is 0 Å². The Morgan fingerprint density at radius 3 is 2.71 bits per heavy atom. The van der Waals surface area contributed by atoms with Gasteiger partial charge in [0.25, 0.3) is 0 Å². The number of hydrogen-bond acceptors (Lipinski definition) is 3. The summed E-state index contributed by atoms with van der Waals surface area (Å²) in [6.07, 6.45) is 2.47. The molecule has 0 bridgehead atoms. The summed E-state index contributed by atoms with van der Waals surface area (Å²) in [7, 11) is 1.71. The van der Waals surface area contributed by atoms with E-state index in [2.05, 4.69) is 29.2 Å². The van der Waals surface area contributed by atoms with E-state index in [1.165, 1.54) is 24.0 Å². The summed E-state index contributed by atoms with van der Waals surface area (Å²) >= 11 is 0. The molecule has 0 saturated carbocycles. The van der Waals surface area contributed by atoms with Crippen LogP contribution in [0, 0.1) is 0 Å². The van der Waals surface area contributed by atoms with Crippen LogP contribution in [0.2, 0.25) is 0 Å². The van der Waals surface area contributed by atoms with Gasteiger partial charge < -0.3 is 10.5 Å². The maximum absolute atomic E-state index is 5.88. The Morgan fingerprint density at radius 2 is 2.00 bits per heavy atom. The molecule has 21 heavy (non-hydrogen) atoms. The highest BCUT2D eigenvalue weighted by Gasteiger charge is 2.25. The first kappa shape index (κ1) is 14.0. The van der Waals surface area contributed by atoms with E-state index in [4.69, 9.17) is 10.5 Å². The van der Waals surface area contributed by atoms with Crippen molar-refractivity contribution in [1.29, 1.82) is 0 Å². The molecule has 0 aromatic heterocycles. The van der Waals surface area contributed by atoms with E-state index < -0.39 is 0 Å². The van der Waals surface area contributed by atoms with Crippen molar-refractivity contribution < 1.29 is 4.74 Å². The van der Waals surface area contributed by atoms with Crippen LogP contribution in [0.4, 0.5) is 5.69 Å². The van der Waals surface area contributed by atoms with Crippen LogP contribution in [0.15, 0.2) is 48.5 Å². The van der Waals surface area contributed by atoms with E-state index >= 15 is 0 Å². The van der Waals surface area contributed by atoms with Gasteiger partial charge in [0.1, 0.15) is 5.75 Å². The van der Waals surface area contributed by atoms with Crippen LogP contribution in [0.5, 0.6) is 5.75 Å². The van der Waals surface area contributed by atoms with Crippen LogP contribution < -0.4 is 10.5 Å². The van der Waals surface area contributed by atoms with E-state index in [9.17, 15) is 0 Å². The van der Waals surface area contributed by atoms with Crippen molar-refractivity contribution in [2.24, 2.45) is 0 Å². The average molecular weight is 282 g/mol. The van der Waals surface area contributed by atoms with Crippen LogP contribution in [0.25, 0.3) is 0 Å². The molecular formula is C18H22N2O. The second kappa shape index (κ2) is 6.19. The zero-order valence-electron chi connectivity index (χ0n) is 12.5. The number of nitrogen functional groups attached to an aromatic ring is 1. The number of ether oxygens (including phenoxy) is 1. The molecule has 0 aliphatic carbocycles. The first-order chi connectivity index (χ1) is 10.3. The molecule has 1 aliphatic heterocycles. The Labute approximate surface area is 126 Å². The molecule has 1 atom stereocenters. The van der Waals surface area contributed by atoms with E-state index in [1.807, 2.05) is 24.3 Å². The zero-order valence-corrected chi connectivity index (χ0v) is 12.5. The average Bonchev–Trinajstić information content (AvgIpc) is 2.95. The molecule has 1 saturated heterocycles. The number of methoxy groups -OCH3 is 1. The fourth-order valence-electron chi connectivity index (χ4n) is 3.14. The summed E-state index contributed by atoms with van der Waals surface area (Å²) in [5.74, 6) is 0.916. The van der Waals surface area contributed by atoms with Crippen molar-refractivity contribution >= 4 is 5.69 Å². The number of rotatable bonds is 4. The lowest BCUT2D eigenvalue weighted by Gasteiger charge is -2.25. The highest BCUT2D eigenvalue weighted by atomic mass is 16.5. The normalized spacial score (nSPS) is 18.8. The maximum atomic E-state index is 5.88. The Bertz CT molecular complexity index is 594. The molecule has 0 radical (unpaired) electrons. The van der Waals surface area contributed by atoms with Crippen molar-refractivity contribution in [2.45, 2.75) is 25.4 Å². The molecule has 2 aromatic carbocycles. The highest BCUT2D eigenvalue weighted by molar-refractivity contribution is 5.40. The van der Waals surface area contributed by atoms with Gasteiger partial charge in [0, 0.05) is 18.3 Å². The van der Waals surface area contributed by atoms with Crippen molar-refractivity contribution in [1.82, 2.24) is 4.90 Å². The number of likely N-dealkylation sites (tertiary alicyclic amines) is 1. The summed E-state index contributed by atoms with van der Waals surface area (Å²) in [5.41, 5.74) is 9.38. The van der Waals surface area contributed by atoms with Gasteiger partial charge in [-0.15, -0.1) is 0 Å². The third-order valence-corrected chi connectivity index (χ3v) is 4.20. The fourth-order valence-corrected chi connectivity index (χ4v) is 3.14. The third kappa shape index (κ3) is 3.19. The van der Waals surface area contributed by atoms with Gasteiger partial charge in [-0.25, -0.2) is 0 Å². The SMILES string of the molecule is COc1ccc(C2CCCN2Cc2cccc(N)c2)cc1. The first-order valence-corrected chi connectivity index (χ1v) is 7.48. The molecule has 2 N–H and O–H groups in total. The first-order valence-electron chi connectivity index (χ1n) is 7.48. The summed E-state index contributed by atoms with van der Waals surface area (Å²) in [5, 5.41) is 0. The van der Waals surface area contributed by atoms with Crippen LogP contribution in [0.3, 0.4) is 0 Å². The minimum Gasteiger partial charge on any atom is -0.497 e. The Kier molecular flexibility index (Phi) is 4.11. The van der Waals surface area contributed by atoms with Gasteiger partial charge in [-0.05, 0) is 54.8 Å². The highest BCUT2D eigenvalue weighted by Crippen LogP contribution is 2.33. The van der Waals surface area contributed by atoms with Gasteiger partial charge in [-0.3, -0.25) is 4.90 Å². The quantitative estimate of drug-likeness (QED) is 0.871. The van der Waals surface area contributed by atoms with Gasteiger partial charge in [0.2, 0.25) is 0 Å². The van der Waals surface area contributed by atoms with Crippen molar-refractivity contribution in [3.05, 3.63) is 59.7 Å². The largest absolute Gasteiger partial charge is 0.497 e. The van der Waals surface area contributed by atoms with Crippen molar-refractivity contribution in [3.8, 4) is 5.75 Å². The zero-order chi connectivity index (χ0) is 14.7. The summed E-state index contributed by atoms with van der Waals surface area (Å²) in [6.45, 7) is 2.10. The molecule has 1 fully saturated rings. The van der Waals surface area contributed by atoms with Gasteiger partial charge in [0.15, 0.2) is 0 Å². The fraction of sp³-hybridized carbons (Fsp3) is 0.333. The summed E-state index contributed by atoms with van der Waals surface area (Å²) in [4.78, 5) is 2.54. The smallest absolute Gasteiger partial charge is 0.118 e. The third-order valence-electron chi connectivity index (χ3n) is 4.20. The van der Waals surface area contributed by atoms with Crippen LogP contribution in [-0.2, 0) is 6.54 Å². The molecule has 0 spiro atoms. The number of nitrogens with two attached hydrogens (primary N) is 1. The molecule has 1 unspecified atom stereocenters. The predicted molar refractivity (Wildman–Crippen MR) is 86.2 cm³/mol. The number of nitrogens with zero attached hydrogens (tertiary/aromatic N) is 1. The van der Waals surface area contributed by atoms with E-state index in [0.717, 1.165) is 24.5 Å². The standard InChI is InChI=1S/C18H22N2O/c1-21-17-9-7-15(8-10-17)18-6-3-11-20(18)13-14-4-2-5-16(19)12-14/h2,4-5,7-10,12,18H,3,6,11,13,19H2,1H3. The van der Waals surface area contributed by atoms with Crippen molar-refractivity contribution in [2.75, 3.05) is 19.4 Å². The minimum atomic E-state index is 0.498. The Hall–Kier alpha value is -2.00. The predicted octanol–water partition coefficient (Wildman–Crippen LogP) is 3.61. The Balaban J connectivity index is 1.75. The maximum Gasteiger partial charge on any atom is 0.118 e. The molecular weight excluding hydrogens is 260 g/mol. The second-order valence-corrected chi connectivity index (χ2v) is 5.65. The summed E-state index contributed by atoms with van der Waals surface area (Å²) in [6, 6.07) is 17.2. The van der Waals surface area contributed by atoms with Gasteiger partial charge in [-0.2, -0.15) is 0 Å². The number of benzene rings is 2. The second-order valence-electron chi connectivity index (χ2n) is 5.65. The lowest BCUT2D eigenvalue weighted by atomic mass is 10.0. The molecule has 3 heteroatoms. The van der Waals surface area contributed by atoms with E-state index in [1.54, 1.807) is 7.11 Å². The summed E-state index contributed by atoms with van der Waals surface area (Å²) < 4.78 is 5.24. The van der Waals surface area contributed by atoms with Crippen LogP contribution in [0.1, 0.15) is 30.0 Å². The van der Waals surface area contributed by atoms with E-state index in [0.29, 0.717) is 6.04 Å². The lowest BCUT2D eigenvalue weighted by Crippen LogP contribution is -2.22. The molecule has 110 valence electrons. The minimum absolute atomic E-state index is 0.498. The van der Waals surface area contributed by atoms with Gasteiger partial charge >= 0.3 is 0 Å². The van der Waals surface area contributed by atoms with Crippen LogP contribution >= 0.6 is 0 Å². The number of hydrogen-bond donors (Lipinski definition) is 1. The van der Waals surface area contributed by atoms with Gasteiger partial charge in [-0.1, -0.05) is 24.3 Å². The lowest BCUT2D eigenvalue weighted by molar-refractivity contribution is 0.248. The van der Waals surface area contributed by atoms with E-state index in [-0.39, 0.29) is 0 Å².